The second-order valence-corrected chi connectivity index (χ2v) is 7.79. The Balaban J connectivity index is 3.16. The van der Waals surface area contributed by atoms with E-state index in [2.05, 4.69) is 79.6 Å². The van der Waals surface area contributed by atoms with Crippen LogP contribution < -0.4 is 0 Å². The molecule has 0 aromatic heterocycles. The van der Waals surface area contributed by atoms with E-state index in [1.807, 2.05) is 0 Å². The lowest BCUT2D eigenvalue weighted by Gasteiger charge is -2.14. The van der Waals surface area contributed by atoms with E-state index >= 15 is 0 Å². The van der Waals surface area contributed by atoms with Gasteiger partial charge in [-0.3, -0.25) is 0 Å². The molecule has 1 aromatic rings. The highest BCUT2D eigenvalue weighted by molar-refractivity contribution is 9.15. The van der Waals surface area contributed by atoms with Crippen molar-refractivity contribution >= 4 is 91.4 Å². The van der Waals surface area contributed by atoms with E-state index < -0.39 is 5.51 Å². The zero-order valence-corrected chi connectivity index (χ0v) is 16.4. The lowest BCUT2D eigenvalue weighted by Crippen LogP contribution is -2.01. The number of alkyl halides is 3. The number of halogens is 8. The molecule has 17 heavy (non-hydrogen) atoms. The molecule has 0 spiro atoms. The fraction of sp³-hybridized carbons (Fsp3) is 0.250. The van der Waals surface area contributed by atoms with Crippen LogP contribution in [0.4, 0.5) is 13.2 Å². The molecule has 0 amide bonds. The summed E-state index contributed by atoms with van der Waals surface area (Å²) in [5.74, 6) is -0.171. The highest BCUT2D eigenvalue weighted by Gasteiger charge is 2.29. The van der Waals surface area contributed by atoms with Gasteiger partial charge in [-0.1, -0.05) is 0 Å². The smallest absolute Gasteiger partial charge is 0.160 e. The van der Waals surface area contributed by atoms with Crippen molar-refractivity contribution in [2.24, 2.45) is 0 Å². The minimum atomic E-state index is -4.25. The Hall–Kier alpha value is 1.76. The maximum Gasteiger partial charge on any atom is 0.442 e. The molecule has 0 fully saturated rings. The van der Waals surface area contributed by atoms with Gasteiger partial charge in [-0.05, 0) is 97.0 Å². The third-order valence-electron chi connectivity index (χ3n) is 1.68. The van der Waals surface area contributed by atoms with Gasteiger partial charge in [-0.2, -0.15) is 13.2 Å². The third-order valence-corrected chi connectivity index (χ3v) is 8.70. The van der Waals surface area contributed by atoms with Crippen molar-refractivity contribution in [2.45, 2.75) is 11.3 Å². The predicted molar refractivity (Wildman–Crippen MR) is 82.3 cm³/mol. The van der Waals surface area contributed by atoms with Gasteiger partial charge in [0.15, 0.2) is 0 Å². The molecule has 0 aliphatic rings. The van der Waals surface area contributed by atoms with Crippen molar-refractivity contribution in [2.75, 3.05) is 0 Å². The maximum atomic E-state index is 12.2. The first-order valence-corrected chi connectivity index (χ1v) is 8.81. The van der Waals surface area contributed by atoms with E-state index in [9.17, 15) is 13.2 Å². The molecule has 0 atom stereocenters. The van der Waals surface area contributed by atoms with Crippen LogP contribution in [0.1, 0.15) is 5.56 Å². The molecule has 9 heteroatoms. The third kappa shape index (κ3) is 4.37. The van der Waals surface area contributed by atoms with Crippen molar-refractivity contribution in [1.29, 1.82) is 0 Å². The average molecular weight is 587 g/mol. The number of rotatable bonds is 2. The standard InChI is InChI=1S/C8H2Br5F3S/c9-3-2(1-17-8(14,15)16)4(10)6(12)7(13)5(3)11/h1H2. The summed E-state index contributed by atoms with van der Waals surface area (Å²) in [5, 5.41) is 0. The highest BCUT2D eigenvalue weighted by atomic mass is 79.9. The normalized spacial score (nSPS) is 12.0. The summed E-state index contributed by atoms with van der Waals surface area (Å²) in [6, 6.07) is 0. The van der Waals surface area contributed by atoms with Gasteiger partial charge >= 0.3 is 5.51 Å². The molecule has 0 bridgehead atoms. The quantitative estimate of drug-likeness (QED) is 0.260. The van der Waals surface area contributed by atoms with E-state index in [1.165, 1.54) is 0 Å². The van der Waals surface area contributed by atoms with E-state index in [4.69, 9.17) is 0 Å². The molecule has 0 heterocycles. The Morgan fingerprint density at radius 3 is 1.47 bits per heavy atom. The zero-order valence-electron chi connectivity index (χ0n) is 7.64. The molecule has 0 radical (unpaired) electrons. The van der Waals surface area contributed by atoms with Crippen molar-refractivity contribution in [3.63, 3.8) is 0 Å². The van der Waals surface area contributed by atoms with Crippen LogP contribution in [0.3, 0.4) is 0 Å². The van der Waals surface area contributed by atoms with Gasteiger partial charge in [-0.15, -0.1) is 0 Å². The van der Waals surface area contributed by atoms with E-state index in [1.54, 1.807) is 0 Å². The summed E-state index contributed by atoms with van der Waals surface area (Å²) in [7, 11) is 0. The number of benzene rings is 1. The molecule has 1 rings (SSSR count). The minimum absolute atomic E-state index is 0.0787. The number of hydrogen-bond acceptors (Lipinski definition) is 1. The predicted octanol–water partition coefficient (Wildman–Crippen LogP) is 7.25. The van der Waals surface area contributed by atoms with E-state index in [0.717, 1.165) is 4.47 Å². The molecular formula is C8H2Br5F3S. The first kappa shape index (κ1) is 16.8. The summed E-state index contributed by atoms with van der Waals surface area (Å²) in [6.45, 7) is 0. The first-order valence-electron chi connectivity index (χ1n) is 3.86. The molecule has 0 N–H and O–H groups in total. The monoisotopic (exact) mass is 582 g/mol. The molecular weight excluding hydrogens is 585 g/mol. The second-order valence-electron chi connectivity index (χ2n) is 2.78. The molecule has 0 saturated carbocycles. The number of thioether (sulfide) groups is 1. The maximum absolute atomic E-state index is 12.2. The van der Waals surface area contributed by atoms with Gasteiger partial charge in [0.2, 0.25) is 0 Å². The molecule has 1 aromatic carbocycles. The SMILES string of the molecule is FC(F)(F)SCc1c(Br)c(Br)c(Br)c(Br)c1Br. The zero-order chi connectivity index (χ0) is 13.4. The van der Waals surface area contributed by atoms with Crippen LogP contribution in [0.5, 0.6) is 0 Å². The van der Waals surface area contributed by atoms with E-state index in [0.29, 0.717) is 23.5 Å². The molecule has 0 aliphatic heterocycles. The highest BCUT2D eigenvalue weighted by Crippen LogP contribution is 2.46. The van der Waals surface area contributed by atoms with Crippen molar-refractivity contribution in [3.8, 4) is 0 Å². The fourth-order valence-electron chi connectivity index (χ4n) is 0.931. The van der Waals surface area contributed by atoms with Gasteiger partial charge in [0, 0.05) is 28.1 Å². The van der Waals surface area contributed by atoms with Crippen LogP contribution in [0.25, 0.3) is 0 Å². The Morgan fingerprint density at radius 1 is 0.765 bits per heavy atom. The minimum Gasteiger partial charge on any atom is -0.160 e. The van der Waals surface area contributed by atoms with Crippen molar-refractivity contribution in [1.82, 2.24) is 0 Å². The van der Waals surface area contributed by atoms with Gasteiger partial charge in [-0.25, -0.2) is 0 Å². The summed E-state index contributed by atoms with van der Waals surface area (Å²) >= 11 is 16.4. The van der Waals surface area contributed by atoms with Crippen LogP contribution in [0, 0.1) is 0 Å². The van der Waals surface area contributed by atoms with Crippen LogP contribution >= 0.6 is 91.4 Å². The van der Waals surface area contributed by atoms with E-state index in [-0.39, 0.29) is 17.5 Å². The van der Waals surface area contributed by atoms with Crippen LogP contribution in [-0.4, -0.2) is 5.51 Å². The topological polar surface area (TPSA) is 0 Å². The Kier molecular flexibility index (Phi) is 6.40. The Bertz CT molecular complexity index is 417. The lowest BCUT2D eigenvalue weighted by molar-refractivity contribution is -0.0329. The van der Waals surface area contributed by atoms with Gasteiger partial charge < -0.3 is 0 Å². The van der Waals surface area contributed by atoms with Crippen LogP contribution in [-0.2, 0) is 5.75 Å². The summed E-state index contributed by atoms with van der Waals surface area (Å²) in [6.07, 6.45) is 0. The van der Waals surface area contributed by atoms with Gasteiger partial charge in [0.05, 0.1) is 0 Å². The molecule has 0 saturated heterocycles. The lowest BCUT2D eigenvalue weighted by atomic mass is 10.2. The van der Waals surface area contributed by atoms with Crippen molar-refractivity contribution in [3.05, 3.63) is 27.9 Å². The molecule has 96 valence electrons. The summed E-state index contributed by atoms with van der Waals surface area (Å²) < 4.78 is 39.8. The summed E-state index contributed by atoms with van der Waals surface area (Å²) in [5.41, 5.74) is -3.71. The summed E-state index contributed by atoms with van der Waals surface area (Å²) in [4.78, 5) is 0. The largest absolute Gasteiger partial charge is 0.442 e. The second kappa shape index (κ2) is 6.47. The van der Waals surface area contributed by atoms with Gasteiger partial charge in [0.1, 0.15) is 0 Å². The number of hydrogen-bond donors (Lipinski definition) is 0. The van der Waals surface area contributed by atoms with Crippen LogP contribution in [0.15, 0.2) is 22.4 Å². The Morgan fingerprint density at radius 2 is 1.12 bits per heavy atom. The molecule has 0 unspecified atom stereocenters. The average Bonchev–Trinajstić information content (AvgIpc) is 2.22. The van der Waals surface area contributed by atoms with Crippen molar-refractivity contribution < 1.29 is 13.2 Å². The fourth-order valence-corrected chi connectivity index (χ4v) is 5.31. The molecule has 0 aliphatic carbocycles. The van der Waals surface area contributed by atoms with Gasteiger partial charge in [0.25, 0.3) is 0 Å². The molecule has 0 nitrogen and oxygen atoms in total. The van der Waals surface area contributed by atoms with Crippen LogP contribution in [0.2, 0.25) is 0 Å². The first-order chi connectivity index (χ1) is 7.65. The Labute approximate surface area is 142 Å².